The van der Waals surface area contributed by atoms with Crippen LogP contribution in [0.3, 0.4) is 0 Å². The molecule has 0 aromatic heterocycles. The molecule has 0 saturated carbocycles. The molecule has 3 heteroatoms. The molecule has 0 saturated heterocycles. The van der Waals surface area contributed by atoms with E-state index >= 15 is 0 Å². The predicted octanol–water partition coefficient (Wildman–Crippen LogP) is 3.07. The summed E-state index contributed by atoms with van der Waals surface area (Å²) in [4.78, 5) is 11.9. The van der Waals surface area contributed by atoms with E-state index in [0.29, 0.717) is 13.0 Å². The van der Waals surface area contributed by atoms with Gasteiger partial charge >= 0.3 is 5.97 Å². The van der Waals surface area contributed by atoms with Gasteiger partial charge in [-0.15, -0.1) is 6.58 Å². The van der Waals surface area contributed by atoms with E-state index in [1.165, 1.54) is 0 Å². The van der Waals surface area contributed by atoms with Gasteiger partial charge in [-0.05, 0) is 25.7 Å². The largest absolute Gasteiger partial charge is 0.465 e. The van der Waals surface area contributed by atoms with Crippen LogP contribution < -0.4 is 0 Å². The first-order valence-electron chi connectivity index (χ1n) is 5.78. The van der Waals surface area contributed by atoms with Crippen molar-refractivity contribution in [2.45, 2.75) is 40.0 Å². The molecule has 0 aliphatic heterocycles. The Morgan fingerprint density at radius 2 is 2.25 bits per heavy atom. The lowest BCUT2D eigenvalue weighted by atomic mass is 9.73. The van der Waals surface area contributed by atoms with Gasteiger partial charge in [0, 0.05) is 0 Å². The van der Waals surface area contributed by atoms with E-state index in [4.69, 9.17) is 4.74 Å². The second-order valence-corrected chi connectivity index (χ2v) is 3.99. The summed E-state index contributed by atoms with van der Waals surface area (Å²) in [5, 5.41) is 9.30. The number of rotatable bonds is 7. The molecule has 16 heavy (non-hydrogen) atoms. The third kappa shape index (κ3) is 3.10. The van der Waals surface area contributed by atoms with Gasteiger partial charge in [0.15, 0.2) is 5.41 Å². The molecule has 0 unspecified atom stereocenters. The molecule has 0 amide bonds. The average Bonchev–Trinajstić information content (AvgIpc) is 2.26. The van der Waals surface area contributed by atoms with Crippen LogP contribution in [0.25, 0.3) is 0 Å². The number of esters is 1. The summed E-state index contributed by atoms with van der Waals surface area (Å²) in [6.45, 7) is 9.64. The number of hydrogen-bond donors (Lipinski definition) is 0. The number of carbonyl (C=O) groups excluding carboxylic acids is 1. The van der Waals surface area contributed by atoms with Gasteiger partial charge in [0.25, 0.3) is 0 Å². The van der Waals surface area contributed by atoms with Crippen molar-refractivity contribution < 1.29 is 9.53 Å². The molecule has 0 spiro atoms. The maximum atomic E-state index is 11.9. The minimum atomic E-state index is -1.06. The van der Waals surface area contributed by atoms with Crippen LogP contribution in [-0.4, -0.2) is 12.6 Å². The number of carbonyl (C=O) groups is 1. The zero-order valence-electron chi connectivity index (χ0n) is 10.5. The van der Waals surface area contributed by atoms with Gasteiger partial charge in [0.05, 0.1) is 12.7 Å². The van der Waals surface area contributed by atoms with Gasteiger partial charge in [-0.3, -0.25) is 4.79 Å². The van der Waals surface area contributed by atoms with E-state index in [1.807, 2.05) is 13.8 Å². The van der Waals surface area contributed by atoms with Crippen LogP contribution in [0.15, 0.2) is 12.7 Å². The quantitative estimate of drug-likeness (QED) is 0.492. The molecule has 0 aromatic rings. The molecule has 2 atom stereocenters. The molecule has 90 valence electrons. The Kier molecular flexibility index (Phi) is 6.48. The SMILES string of the molecule is C=CC[C@@](C#N)(C(=O)OCC)[C@H](C)CCC. The monoisotopic (exact) mass is 223 g/mol. The number of nitriles is 1. The van der Waals surface area contributed by atoms with Crippen molar-refractivity contribution >= 4 is 5.97 Å². The number of nitrogens with zero attached hydrogens (tertiary/aromatic N) is 1. The Bertz CT molecular complexity index is 280. The van der Waals surface area contributed by atoms with Crippen molar-refractivity contribution in [3.8, 4) is 6.07 Å². The molecular formula is C13H21NO2. The topological polar surface area (TPSA) is 50.1 Å². The number of hydrogen-bond acceptors (Lipinski definition) is 3. The molecule has 0 aliphatic carbocycles. The van der Waals surface area contributed by atoms with Crippen LogP contribution in [0.1, 0.15) is 40.0 Å². The third-order valence-corrected chi connectivity index (χ3v) is 2.87. The van der Waals surface area contributed by atoms with Crippen LogP contribution in [0, 0.1) is 22.7 Å². The standard InChI is InChI=1S/C13H21NO2/c1-5-8-11(4)13(10-14,9-6-2)12(15)16-7-3/h6,11H,2,5,7-9H2,1,3-4H3/t11-,13+/m1/s1. The minimum Gasteiger partial charge on any atom is -0.465 e. The minimum absolute atomic E-state index is 0.0143. The van der Waals surface area contributed by atoms with E-state index in [9.17, 15) is 10.1 Å². The molecule has 0 rings (SSSR count). The first-order chi connectivity index (χ1) is 7.58. The highest BCUT2D eigenvalue weighted by Crippen LogP contribution is 2.35. The highest BCUT2D eigenvalue weighted by Gasteiger charge is 2.43. The lowest BCUT2D eigenvalue weighted by molar-refractivity contribution is -0.154. The third-order valence-electron chi connectivity index (χ3n) is 2.87. The van der Waals surface area contributed by atoms with E-state index in [0.717, 1.165) is 12.8 Å². The van der Waals surface area contributed by atoms with Gasteiger partial charge in [0.2, 0.25) is 0 Å². The first kappa shape index (κ1) is 14.7. The first-order valence-corrected chi connectivity index (χ1v) is 5.78. The number of ether oxygens (including phenoxy) is 1. The molecule has 0 radical (unpaired) electrons. The van der Waals surface area contributed by atoms with Crippen molar-refractivity contribution in [3.05, 3.63) is 12.7 Å². The lowest BCUT2D eigenvalue weighted by Crippen LogP contribution is -2.37. The Hall–Kier alpha value is -1.30. The Labute approximate surface area is 98.1 Å². The van der Waals surface area contributed by atoms with Crippen LogP contribution in [-0.2, 0) is 9.53 Å². The van der Waals surface area contributed by atoms with Crippen molar-refractivity contribution in [1.29, 1.82) is 5.26 Å². The fourth-order valence-electron chi connectivity index (χ4n) is 1.85. The molecule has 0 bridgehead atoms. The van der Waals surface area contributed by atoms with E-state index < -0.39 is 11.4 Å². The van der Waals surface area contributed by atoms with Crippen molar-refractivity contribution in [2.24, 2.45) is 11.3 Å². The van der Waals surface area contributed by atoms with Crippen LogP contribution in [0.4, 0.5) is 0 Å². The van der Waals surface area contributed by atoms with Gasteiger partial charge in [0.1, 0.15) is 0 Å². The van der Waals surface area contributed by atoms with Gasteiger partial charge in [-0.2, -0.15) is 5.26 Å². The zero-order chi connectivity index (χ0) is 12.6. The molecular weight excluding hydrogens is 202 g/mol. The Morgan fingerprint density at radius 3 is 2.62 bits per heavy atom. The maximum absolute atomic E-state index is 11.9. The highest BCUT2D eigenvalue weighted by molar-refractivity contribution is 5.80. The summed E-state index contributed by atoms with van der Waals surface area (Å²) in [6, 6.07) is 2.14. The Balaban J connectivity index is 5.06. The summed E-state index contributed by atoms with van der Waals surface area (Å²) in [5.74, 6) is -0.433. The molecule has 0 heterocycles. The van der Waals surface area contributed by atoms with Gasteiger partial charge < -0.3 is 4.74 Å². The van der Waals surface area contributed by atoms with Crippen LogP contribution >= 0.6 is 0 Å². The normalized spacial score (nSPS) is 15.6. The van der Waals surface area contributed by atoms with Gasteiger partial charge in [-0.1, -0.05) is 26.3 Å². The smallest absolute Gasteiger partial charge is 0.327 e. The van der Waals surface area contributed by atoms with Gasteiger partial charge in [-0.25, -0.2) is 0 Å². The molecule has 0 aliphatic rings. The summed E-state index contributed by atoms with van der Waals surface area (Å²) in [6.07, 6.45) is 3.75. The second-order valence-electron chi connectivity index (χ2n) is 3.99. The van der Waals surface area contributed by atoms with E-state index in [1.54, 1.807) is 13.0 Å². The maximum Gasteiger partial charge on any atom is 0.327 e. The summed E-state index contributed by atoms with van der Waals surface area (Å²) < 4.78 is 5.01. The molecule has 3 nitrogen and oxygen atoms in total. The van der Waals surface area contributed by atoms with Crippen molar-refractivity contribution in [1.82, 2.24) is 0 Å². The summed E-state index contributed by atoms with van der Waals surface area (Å²) >= 11 is 0. The van der Waals surface area contributed by atoms with E-state index in [-0.39, 0.29) is 5.92 Å². The lowest BCUT2D eigenvalue weighted by Gasteiger charge is -2.29. The van der Waals surface area contributed by atoms with Crippen LogP contribution in [0.2, 0.25) is 0 Å². The zero-order valence-corrected chi connectivity index (χ0v) is 10.5. The van der Waals surface area contributed by atoms with E-state index in [2.05, 4.69) is 12.6 Å². The molecule has 0 N–H and O–H groups in total. The summed E-state index contributed by atoms with van der Waals surface area (Å²) in [7, 11) is 0. The van der Waals surface area contributed by atoms with Crippen molar-refractivity contribution in [2.75, 3.05) is 6.61 Å². The Morgan fingerprint density at radius 1 is 1.62 bits per heavy atom. The number of allylic oxidation sites excluding steroid dienone is 1. The molecule has 0 fully saturated rings. The second kappa shape index (κ2) is 7.05. The summed E-state index contributed by atoms with van der Waals surface area (Å²) in [5.41, 5.74) is -1.06. The fourth-order valence-corrected chi connectivity index (χ4v) is 1.85. The highest BCUT2D eigenvalue weighted by atomic mass is 16.5. The van der Waals surface area contributed by atoms with Crippen LogP contribution in [0.5, 0.6) is 0 Å². The van der Waals surface area contributed by atoms with Crippen molar-refractivity contribution in [3.63, 3.8) is 0 Å². The fraction of sp³-hybridized carbons (Fsp3) is 0.692. The molecule has 0 aromatic carbocycles. The average molecular weight is 223 g/mol. The predicted molar refractivity (Wildman–Crippen MR) is 63.6 cm³/mol.